The quantitative estimate of drug-likeness (QED) is 0.864. The predicted molar refractivity (Wildman–Crippen MR) is 103 cm³/mol. The Morgan fingerprint density at radius 2 is 1.65 bits per heavy atom. The second kappa shape index (κ2) is 7.20. The van der Waals surface area contributed by atoms with Gasteiger partial charge >= 0.3 is 0 Å². The molecule has 1 saturated heterocycles. The number of benzene rings is 1. The molecule has 0 unspecified atom stereocenters. The molecule has 26 heavy (non-hydrogen) atoms. The van der Waals surface area contributed by atoms with Gasteiger partial charge in [0, 0.05) is 37.9 Å². The number of carbonyl (C=O) groups excluding carboxylic acids is 1. The smallest absolute Gasteiger partial charge is 0.230 e. The number of hydrogen-bond donors (Lipinski definition) is 2. The number of likely N-dealkylation sites (N-methyl/N-ethyl adjacent to an activating group) is 1. The number of aliphatic hydroxyl groups is 1. The van der Waals surface area contributed by atoms with Gasteiger partial charge in [-0.3, -0.25) is 4.79 Å². The molecule has 0 aromatic heterocycles. The van der Waals surface area contributed by atoms with Gasteiger partial charge in [0.2, 0.25) is 5.91 Å². The van der Waals surface area contributed by atoms with E-state index >= 15 is 0 Å². The van der Waals surface area contributed by atoms with Crippen LogP contribution in [0.15, 0.2) is 24.3 Å². The summed E-state index contributed by atoms with van der Waals surface area (Å²) in [6.07, 6.45) is 5.11. The summed E-state index contributed by atoms with van der Waals surface area (Å²) in [6, 6.07) is 8.92. The van der Waals surface area contributed by atoms with E-state index in [0.717, 1.165) is 70.3 Å². The largest absolute Gasteiger partial charge is 0.393 e. The molecule has 1 aliphatic heterocycles. The minimum Gasteiger partial charge on any atom is -0.393 e. The molecule has 0 radical (unpaired) electrons. The summed E-state index contributed by atoms with van der Waals surface area (Å²) in [5, 5.41) is 12.9. The highest BCUT2D eigenvalue weighted by Gasteiger charge is 2.51. The monoisotopic (exact) mass is 357 g/mol. The summed E-state index contributed by atoms with van der Waals surface area (Å²) in [5.41, 5.74) is 2.11. The van der Waals surface area contributed by atoms with Gasteiger partial charge in [0.15, 0.2) is 0 Å². The Morgan fingerprint density at radius 1 is 1.04 bits per heavy atom. The van der Waals surface area contributed by atoms with Gasteiger partial charge in [-0.2, -0.15) is 0 Å². The number of rotatable bonds is 4. The van der Waals surface area contributed by atoms with Crippen molar-refractivity contribution < 1.29 is 9.90 Å². The molecule has 142 valence electrons. The Kier molecular flexibility index (Phi) is 4.93. The number of nitrogens with zero attached hydrogens (tertiary/aromatic N) is 2. The first kappa shape index (κ1) is 17.8. The minimum absolute atomic E-state index is 0.180. The number of hydrogen-bond acceptors (Lipinski definition) is 4. The molecule has 2 saturated carbocycles. The number of amides is 1. The van der Waals surface area contributed by atoms with E-state index in [1.165, 1.54) is 5.69 Å². The van der Waals surface area contributed by atoms with Crippen molar-refractivity contribution in [1.82, 2.24) is 10.2 Å². The summed E-state index contributed by atoms with van der Waals surface area (Å²) < 4.78 is 0. The van der Waals surface area contributed by atoms with Crippen molar-refractivity contribution in [2.75, 3.05) is 38.1 Å². The summed E-state index contributed by atoms with van der Waals surface area (Å²) in [6.45, 7) is 4.33. The van der Waals surface area contributed by atoms with Crippen LogP contribution in [0.1, 0.15) is 44.1 Å². The van der Waals surface area contributed by atoms with Crippen molar-refractivity contribution in [2.45, 2.75) is 56.1 Å². The van der Waals surface area contributed by atoms with E-state index in [9.17, 15) is 9.90 Å². The van der Waals surface area contributed by atoms with Crippen molar-refractivity contribution in [3.05, 3.63) is 29.8 Å². The van der Waals surface area contributed by atoms with Gasteiger partial charge < -0.3 is 20.2 Å². The van der Waals surface area contributed by atoms with Gasteiger partial charge in [0.25, 0.3) is 0 Å². The zero-order valence-electron chi connectivity index (χ0n) is 15.8. The molecule has 3 aliphatic rings. The number of piperazine rings is 1. The third-order valence-corrected chi connectivity index (χ3v) is 6.50. The Balaban J connectivity index is 1.39. The van der Waals surface area contributed by atoms with E-state index in [0.29, 0.717) is 0 Å². The molecule has 5 heteroatoms. The maximum Gasteiger partial charge on any atom is 0.230 e. The van der Waals surface area contributed by atoms with Gasteiger partial charge in [-0.05, 0) is 63.3 Å². The standard InChI is InChI=1S/C21H31N3O2/c1-23-12-14-24(15-13-23)18-6-2-16(3-7-18)21(10-11-21)20(26)22-17-4-8-19(25)9-5-17/h2-3,6-7,17,19,25H,4-5,8-15H2,1H3,(H,22,26)/t17-,19-. The fourth-order valence-electron chi connectivity index (χ4n) is 4.37. The van der Waals surface area contributed by atoms with Crippen LogP contribution in [0, 0.1) is 0 Å². The molecule has 1 heterocycles. The van der Waals surface area contributed by atoms with Crippen molar-refractivity contribution in [2.24, 2.45) is 0 Å². The molecule has 2 aliphatic carbocycles. The fourth-order valence-corrected chi connectivity index (χ4v) is 4.37. The maximum absolute atomic E-state index is 12.9. The summed E-state index contributed by atoms with van der Waals surface area (Å²) >= 11 is 0. The molecular formula is C21H31N3O2. The van der Waals surface area contributed by atoms with Crippen molar-refractivity contribution in [3.8, 4) is 0 Å². The lowest BCUT2D eigenvalue weighted by Crippen LogP contribution is -2.44. The lowest BCUT2D eigenvalue weighted by Gasteiger charge is -2.34. The molecule has 1 amide bonds. The van der Waals surface area contributed by atoms with Crippen LogP contribution in [0.5, 0.6) is 0 Å². The Bertz CT molecular complexity index is 625. The first-order chi connectivity index (χ1) is 12.6. The summed E-state index contributed by atoms with van der Waals surface area (Å²) in [7, 11) is 2.17. The lowest BCUT2D eigenvalue weighted by molar-refractivity contribution is -0.124. The molecule has 4 rings (SSSR count). The highest BCUT2D eigenvalue weighted by molar-refractivity contribution is 5.91. The molecular weight excluding hydrogens is 326 g/mol. The van der Waals surface area contributed by atoms with E-state index in [1.54, 1.807) is 0 Å². The van der Waals surface area contributed by atoms with E-state index in [4.69, 9.17) is 0 Å². The first-order valence-corrected chi connectivity index (χ1v) is 10.1. The van der Waals surface area contributed by atoms with Crippen molar-refractivity contribution in [3.63, 3.8) is 0 Å². The Hall–Kier alpha value is -1.59. The fraction of sp³-hybridized carbons (Fsp3) is 0.667. The topological polar surface area (TPSA) is 55.8 Å². The molecule has 0 spiro atoms. The van der Waals surface area contributed by atoms with Gasteiger partial charge in [0.1, 0.15) is 0 Å². The van der Waals surface area contributed by atoms with E-state index in [2.05, 4.69) is 46.4 Å². The van der Waals surface area contributed by atoms with E-state index < -0.39 is 0 Å². The molecule has 1 aromatic rings. The number of carbonyl (C=O) groups is 1. The summed E-state index contributed by atoms with van der Waals surface area (Å²) in [4.78, 5) is 17.7. The van der Waals surface area contributed by atoms with Gasteiger partial charge in [-0.25, -0.2) is 0 Å². The normalized spacial score (nSPS) is 28.6. The van der Waals surface area contributed by atoms with E-state index in [1.807, 2.05) is 0 Å². The number of anilines is 1. The van der Waals surface area contributed by atoms with Crippen molar-refractivity contribution in [1.29, 1.82) is 0 Å². The van der Waals surface area contributed by atoms with Crippen LogP contribution in [0.2, 0.25) is 0 Å². The van der Waals surface area contributed by atoms with Crippen LogP contribution < -0.4 is 10.2 Å². The molecule has 5 nitrogen and oxygen atoms in total. The highest BCUT2D eigenvalue weighted by Crippen LogP contribution is 2.49. The average molecular weight is 357 g/mol. The maximum atomic E-state index is 12.9. The Labute approximate surface area is 156 Å². The number of nitrogens with one attached hydrogen (secondary N) is 1. The Morgan fingerprint density at radius 3 is 2.23 bits per heavy atom. The number of aliphatic hydroxyl groups excluding tert-OH is 1. The van der Waals surface area contributed by atoms with Crippen LogP contribution >= 0.6 is 0 Å². The van der Waals surface area contributed by atoms with Gasteiger partial charge in [-0.1, -0.05) is 12.1 Å². The zero-order chi connectivity index (χ0) is 18.1. The molecule has 2 N–H and O–H groups in total. The highest BCUT2D eigenvalue weighted by atomic mass is 16.3. The molecule has 1 aromatic carbocycles. The molecule has 0 bridgehead atoms. The van der Waals surface area contributed by atoms with Crippen LogP contribution in [-0.2, 0) is 10.2 Å². The van der Waals surface area contributed by atoms with E-state index in [-0.39, 0.29) is 23.5 Å². The van der Waals surface area contributed by atoms with Gasteiger partial charge in [-0.15, -0.1) is 0 Å². The zero-order valence-corrected chi connectivity index (χ0v) is 15.8. The van der Waals surface area contributed by atoms with Gasteiger partial charge in [0.05, 0.1) is 11.5 Å². The summed E-state index contributed by atoms with van der Waals surface area (Å²) in [5.74, 6) is 0.186. The predicted octanol–water partition coefficient (Wildman–Crippen LogP) is 1.89. The van der Waals surface area contributed by atoms with Crippen LogP contribution in [-0.4, -0.2) is 61.3 Å². The minimum atomic E-state index is -0.309. The SMILES string of the molecule is CN1CCN(c2ccc(C3(C(=O)N[C@H]4CC[C@H](O)CC4)CC3)cc2)CC1. The second-order valence-corrected chi connectivity index (χ2v) is 8.40. The molecule has 0 atom stereocenters. The second-order valence-electron chi connectivity index (χ2n) is 8.40. The third kappa shape index (κ3) is 3.60. The lowest BCUT2D eigenvalue weighted by atomic mass is 9.90. The van der Waals surface area contributed by atoms with Crippen LogP contribution in [0.25, 0.3) is 0 Å². The third-order valence-electron chi connectivity index (χ3n) is 6.50. The van der Waals surface area contributed by atoms with Crippen LogP contribution in [0.3, 0.4) is 0 Å². The van der Waals surface area contributed by atoms with Crippen LogP contribution in [0.4, 0.5) is 5.69 Å². The van der Waals surface area contributed by atoms with Crippen molar-refractivity contribution >= 4 is 11.6 Å². The first-order valence-electron chi connectivity index (χ1n) is 10.1. The average Bonchev–Trinajstić information content (AvgIpc) is 3.46. The molecule has 3 fully saturated rings.